The number of hydrogen-bond donors (Lipinski definition) is 1. The van der Waals surface area contributed by atoms with Crippen LogP contribution >= 0.6 is 0 Å². The number of nitrogens with one attached hydrogen (secondary N) is 1. The van der Waals surface area contributed by atoms with E-state index < -0.39 is 10.0 Å². The first-order valence-corrected chi connectivity index (χ1v) is 8.97. The smallest absolute Gasteiger partial charge is 0.246 e. The molecule has 1 saturated heterocycles. The Labute approximate surface area is 127 Å². The van der Waals surface area contributed by atoms with Crippen molar-refractivity contribution >= 4 is 10.0 Å². The summed E-state index contributed by atoms with van der Waals surface area (Å²) in [6, 6.07) is 0. The molecular formula is C14H26N4O2S. The summed E-state index contributed by atoms with van der Waals surface area (Å²) in [5.41, 5.74) is 1.30. The number of rotatable bonds is 5. The van der Waals surface area contributed by atoms with Crippen LogP contribution in [0.25, 0.3) is 0 Å². The molecule has 1 fully saturated rings. The van der Waals surface area contributed by atoms with Crippen molar-refractivity contribution < 1.29 is 8.42 Å². The summed E-state index contributed by atoms with van der Waals surface area (Å²) in [4.78, 5) is 0.388. The Morgan fingerprint density at radius 1 is 1.29 bits per heavy atom. The molecule has 1 N–H and O–H groups in total. The van der Waals surface area contributed by atoms with Crippen molar-refractivity contribution in [3.8, 4) is 0 Å². The van der Waals surface area contributed by atoms with Crippen molar-refractivity contribution in [2.24, 2.45) is 13.0 Å². The standard InChI is InChI=1S/C14H26N4O2S/c1-11-14(12(2)17(4)16-11)21(19,20)18-9-6-13(7-10-18)5-8-15-3/h13,15H,5-10H2,1-4H3. The lowest BCUT2D eigenvalue weighted by Gasteiger charge is -2.31. The molecular weight excluding hydrogens is 288 g/mol. The molecule has 2 heterocycles. The van der Waals surface area contributed by atoms with Crippen molar-refractivity contribution in [3.05, 3.63) is 11.4 Å². The minimum absolute atomic E-state index is 0.388. The van der Waals surface area contributed by atoms with Gasteiger partial charge in [0.2, 0.25) is 10.0 Å². The highest BCUT2D eigenvalue weighted by Crippen LogP contribution is 2.28. The molecule has 0 bridgehead atoms. The van der Waals surface area contributed by atoms with Crippen molar-refractivity contribution in [1.29, 1.82) is 0 Å². The van der Waals surface area contributed by atoms with E-state index in [1.165, 1.54) is 0 Å². The zero-order valence-electron chi connectivity index (χ0n) is 13.4. The molecule has 0 amide bonds. The molecule has 0 spiro atoms. The number of nitrogens with zero attached hydrogens (tertiary/aromatic N) is 3. The predicted molar refractivity (Wildman–Crippen MR) is 82.7 cm³/mol. The van der Waals surface area contributed by atoms with Crippen LogP contribution in [0.5, 0.6) is 0 Å². The van der Waals surface area contributed by atoms with Crippen LogP contribution in [0.4, 0.5) is 0 Å². The van der Waals surface area contributed by atoms with Gasteiger partial charge in [-0.1, -0.05) is 0 Å². The maximum absolute atomic E-state index is 12.8. The average Bonchev–Trinajstić information content (AvgIpc) is 2.70. The summed E-state index contributed by atoms with van der Waals surface area (Å²) in [6.07, 6.45) is 3.01. The van der Waals surface area contributed by atoms with Crippen LogP contribution in [0.3, 0.4) is 0 Å². The molecule has 0 aromatic carbocycles. The fourth-order valence-electron chi connectivity index (χ4n) is 3.04. The Morgan fingerprint density at radius 2 is 1.90 bits per heavy atom. The van der Waals surface area contributed by atoms with Crippen LogP contribution in [-0.4, -0.2) is 49.2 Å². The Hall–Kier alpha value is -0.920. The number of aryl methyl sites for hydroxylation is 2. The van der Waals surface area contributed by atoms with Gasteiger partial charge in [-0.05, 0) is 52.6 Å². The van der Waals surface area contributed by atoms with Crippen molar-refractivity contribution in [2.75, 3.05) is 26.7 Å². The molecule has 0 radical (unpaired) electrons. The second kappa shape index (κ2) is 6.46. The highest BCUT2D eigenvalue weighted by atomic mass is 32.2. The Morgan fingerprint density at radius 3 is 2.38 bits per heavy atom. The first-order valence-electron chi connectivity index (χ1n) is 7.53. The highest BCUT2D eigenvalue weighted by molar-refractivity contribution is 7.89. The Kier molecular flexibility index (Phi) is 5.06. The fourth-order valence-corrected chi connectivity index (χ4v) is 4.91. The second-order valence-electron chi connectivity index (χ2n) is 5.86. The van der Waals surface area contributed by atoms with E-state index in [9.17, 15) is 8.42 Å². The van der Waals surface area contributed by atoms with E-state index in [0.29, 0.717) is 35.3 Å². The first kappa shape index (κ1) is 16.5. The maximum Gasteiger partial charge on any atom is 0.246 e. The molecule has 6 nitrogen and oxygen atoms in total. The summed E-state index contributed by atoms with van der Waals surface area (Å²) in [7, 11) is 0.323. The molecule has 0 saturated carbocycles. The van der Waals surface area contributed by atoms with Crippen LogP contribution in [0.15, 0.2) is 4.90 Å². The van der Waals surface area contributed by atoms with Gasteiger partial charge in [-0.3, -0.25) is 4.68 Å². The summed E-state index contributed by atoms with van der Waals surface area (Å²) in [5.74, 6) is 0.625. The molecule has 21 heavy (non-hydrogen) atoms. The topological polar surface area (TPSA) is 67.2 Å². The highest BCUT2D eigenvalue weighted by Gasteiger charge is 2.33. The third-order valence-corrected chi connectivity index (χ3v) is 6.57. The van der Waals surface area contributed by atoms with Gasteiger partial charge in [0.25, 0.3) is 0 Å². The van der Waals surface area contributed by atoms with Gasteiger partial charge in [0.05, 0.1) is 11.4 Å². The van der Waals surface area contributed by atoms with E-state index in [4.69, 9.17) is 0 Å². The van der Waals surface area contributed by atoms with E-state index >= 15 is 0 Å². The minimum atomic E-state index is -3.41. The quantitative estimate of drug-likeness (QED) is 0.882. The van der Waals surface area contributed by atoms with Crippen LogP contribution < -0.4 is 5.32 Å². The SMILES string of the molecule is CNCCC1CCN(S(=O)(=O)c2c(C)nn(C)c2C)CC1. The van der Waals surface area contributed by atoms with Crippen LogP contribution in [0.1, 0.15) is 30.7 Å². The fraction of sp³-hybridized carbons (Fsp3) is 0.786. The summed E-state index contributed by atoms with van der Waals surface area (Å²) in [6.45, 7) is 5.80. The molecule has 1 aromatic rings. The van der Waals surface area contributed by atoms with Crippen molar-refractivity contribution in [3.63, 3.8) is 0 Å². The number of aromatic nitrogens is 2. The normalized spacial score (nSPS) is 18.3. The largest absolute Gasteiger partial charge is 0.320 e. The molecule has 1 aromatic heterocycles. The van der Waals surface area contributed by atoms with E-state index in [1.807, 2.05) is 14.0 Å². The van der Waals surface area contributed by atoms with Crippen molar-refractivity contribution in [2.45, 2.75) is 38.0 Å². The van der Waals surface area contributed by atoms with E-state index in [1.54, 1.807) is 23.0 Å². The van der Waals surface area contributed by atoms with E-state index in [0.717, 1.165) is 25.8 Å². The lowest BCUT2D eigenvalue weighted by atomic mass is 9.95. The van der Waals surface area contributed by atoms with Crippen LogP contribution in [0, 0.1) is 19.8 Å². The van der Waals surface area contributed by atoms with Gasteiger partial charge in [0.1, 0.15) is 4.90 Å². The zero-order chi connectivity index (χ0) is 15.6. The summed E-state index contributed by atoms with van der Waals surface area (Å²) >= 11 is 0. The van der Waals surface area contributed by atoms with Crippen molar-refractivity contribution in [1.82, 2.24) is 19.4 Å². The Bertz CT molecular complexity index is 586. The molecule has 1 aliphatic rings. The number of piperidine rings is 1. The summed E-state index contributed by atoms with van der Waals surface area (Å²) < 4.78 is 28.9. The predicted octanol–water partition coefficient (Wildman–Crippen LogP) is 1.05. The van der Waals surface area contributed by atoms with E-state index in [-0.39, 0.29) is 0 Å². The summed E-state index contributed by atoms with van der Waals surface area (Å²) in [5, 5.41) is 7.39. The molecule has 0 aliphatic carbocycles. The molecule has 7 heteroatoms. The third-order valence-electron chi connectivity index (χ3n) is 4.42. The third kappa shape index (κ3) is 3.30. The molecule has 120 valence electrons. The number of sulfonamides is 1. The zero-order valence-corrected chi connectivity index (χ0v) is 14.2. The van der Waals surface area contributed by atoms with Gasteiger partial charge in [0.15, 0.2) is 0 Å². The lowest BCUT2D eigenvalue weighted by molar-refractivity contribution is 0.263. The van der Waals surface area contributed by atoms with Gasteiger partial charge >= 0.3 is 0 Å². The van der Waals surface area contributed by atoms with Gasteiger partial charge in [-0.2, -0.15) is 9.40 Å². The van der Waals surface area contributed by atoms with Gasteiger partial charge in [-0.25, -0.2) is 8.42 Å². The van der Waals surface area contributed by atoms with Crippen LogP contribution in [0.2, 0.25) is 0 Å². The second-order valence-corrected chi connectivity index (χ2v) is 7.74. The molecule has 1 aliphatic heterocycles. The molecule has 0 atom stereocenters. The number of hydrogen-bond acceptors (Lipinski definition) is 4. The van der Waals surface area contributed by atoms with E-state index in [2.05, 4.69) is 10.4 Å². The molecule has 0 unspecified atom stereocenters. The molecule has 2 rings (SSSR count). The average molecular weight is 314 g/mol. The minimum Gasteiger partial charge on any atom is -0.320 e. The Balaban J connectivity index is 2.12. The van der Waals surface area contributed by atoms with Gasteiger partial charge in [-0.15, -0.1) is 0 Å². The monoisotopic (exact) mass is 314 g/mol. The maximum atomic E-state index is 12.8. The van der Waals surface area contributed by atoms with Gasteiger partial charge in [0, 0.05) is 20.1 Å². The first-order chi connectivity index (χ1) is 9.87. The lowest BCUT2D eigenvalue weighted by Crippen LogP contribution is -2.39. The van der Waals surface area contributed by atoms with Crippen LogP contribution in [-0.2, 0) is 17.1 Å². The van der Waals surface area contributed by atoms with Gasteiger partial charge < -0.3 is 5.32 Å².